The van der Waals surface area contributed by atoms with Crippen molar-refractivity contribution in [2.24, 2.45) is 0 Å². The van der Waals surface area contributed by atoms with E-state index in [0.717, 1.165) is 11.3 Å². The van der Waals surface area contributed by atoms with E-state index in [4.69, 9.17) is 9.47 Å². The average molecular weight is 335 g/mol. The Morgan fingerprint density at radius 3 is 2.43 bits per heavy atom. The highest BCUT2D eigenvalue weighted by molar-refractivity contribution is 7.89. The maximum Gasteiger partial charge on any atom is 0.240 e. The zero-order valence-electron chi connectivity index (χ0n) is 13.5. The summed E-state index contributed by atoms with van der Waals surface area (Å²) in [5.41, 5.74) is 1.65. The van der Waals surface area contributed by atoms with Gasteiger partial charge in [-0.05, 0) is 49.2 Å². The Morgan fingerprint density at radius 2 is 1.78 bits per heavy atom. The third kappa shape index (κ3) is 4.46. The minimum absolute atomic E-state index is 0.197. The van der Waals surface area contributed by atoms with Crippen LogP contribution in [0.15, 0.2) is 47.4 Å². The van der Waals surface area contributed by atoms with Crippen LogP contribution in [0.4, 0.5) is 0 Å². The summed E-state index contributed by atoms with van der Waals surface area (Å²) < 4.78 is 37.9. The molecule has 0 fully saturated rings. The van der Waals surface area contributed by atoms with Gasteiger partial charge in [0.25, 0.3) is 0 Å². The maximum absolute atomic E-state index is 12.3. The van der Waals surface area contributed by atoms with Crippen LogP contribution in [0.5, 0.6) is 11.5 Å². The van der Waals surface area contributed by atoms with Crippen molar-refractivity contribution in [2.75, 3.05) is 20.3 Å². The molecule has 0 atom stereocenters. The molecular weight excluding hydrogens is 314 g/mol. The lowest BCUT2D eigenvalue weighted by Gasteiger charge is -2.12. The summed E-state index contributed by atoms with van der Waals surface area (Å²) in [6.07, 6.45) is 0. The lowest BCUT2D eigenvalue weighted by Crippen LogP contribution is -2.28. The van der Waals surface area contributed by atoms with Crippen molar-refractivity contribution in [3.05, 3.63) is 53.6 Å². The summed E-state index contributed by atoms with van der Waals surface area (Å²) in [5.74, 6) is 1.39. The molecular formula is C17H21NO4S. The smallest absolute Gasteiger partial charge is 0.240 e. The lowest BCUT2D eigenvalue weighted by atomic mass is 10.2. The van der Waals surface area contributed by atoms with Gasteiger partial charge < -0.3 is 9.47 Å². The number of nitrogens with one attached hydrogen (secondary N) is 1. The second-order valence-corrected chi connectivity index (χ2v) is 6.88. The van der Waals surface area contributed by atoms with Crippen molar-refractivity contribution in [2.45, 2.75) is 18.7 Å². The molecule has 0 heterocycles. The number of benzene rings is 2. The number of hydrogen-bond donors (Lipinski definition) is 1. The van der Waals surface area contributed by atoms with Gasteiger partial charge in [-0.3, -0.25) is 0 Å². The minimum atomic E-state index is -3.57. The van der Waals surface area contributed by atoms with Crippen molar-refractivity contribution in [1.29, 1.82) is 0 Å². The first-order valence-electron chi connectivity index (χ1n) is 7.27. The van der Waals surface area contributed by atoms with Crippen molar-refractivity contribution >= 4 is 10.0 Å². The van der Waals surface area contributed by atoms with E-state index in [-0.39, 0.29) is 18.0 Å². The van der Waals surface area contributed by atoms with Crippen molar-refractivity contribution < 1.29 is 17.9 Å². The largest absolute Gasteiger partial charge is 0.497 e. The van der Waals surface area contributed by atoms with Gasteiger partial charge >= 0.3 is 0 Å². The van der Waals surface area contributed by atoms with Gasteiger partial charge in [0.1, 0.15) is 18.1 Å². The van der Waals surface area contributed by atoms with Gasteiger partial charge in [-0.25, -0.2) is 13.1 Å². The first-order valence-corrected chi connectivity index (χ1v) is 8.75. The monoisotopic (exact) mass is 335 g/mol. The van der Waals surface area contributed by atoms with E-state index < -0.39 is 10.0 Å². The van der Waals surface area contributed by atoms with Gasteiger partial charge in [0.15, 0.2) is 0 Å². The van der Waals surface area contributed by atoms with E-state index >= 15 is 0 Å². The van der Waals surface area contributed by atoms with Gasteiger partial charge in [-0.1, -0.05) is 18.2 Å². The number of ether oxygens (including phenoxy) is 2. The van der Waals surface area contributed by atoms with Crippen molar-refractivity contribution in [3.63, 3.8) is 0 Å². The topological polar surface area (TPSA) is 64.6 Å². The van der Waals surface area contributed by atoms with E-state index in [0.29, 0.717) is 11.3 Å². The number of sulfonamides is 1. The van der Waals surface area contributed by atoms with Gasteiger partial charge in [0, 0.05) is 6.54 Å². The number of hydrogen-bond acceptors (Lipinski definition) is 4. The van der Waals surface area contributed by atoms with E-state index in [2.05, 4.69) is 4.72 Å². The van der Waals surface area contributed by atoms with Crippen LogP contribution < -0.4 is 14.2 Å². The molecule has 2 rings (SSSR count). The highest BCUT2D eigenvalue weighted by Crippen LogP contribution is 2.20. The Balaban J connectivity index is 1.95. The molecule has 0 bridgehead atoms. The van der Waals surface area contributed by atoms with Crippen LogP contribution in [0, 0.1) is 13.8 Å². The highest BCUT2D eigenvalue weighted by atomic mass is 32.2. The van der Waals surface area contributed by atoms with E-state index in [1.165, 1.54) is 0 Å². The van der Waals surface area contributed by atoms with Crippen LogP contribution in [0.3, 0.4) is 0 Å². The number of rotatable bonds is 7. The van der Waals surface area contributed by atoms with Crippen LogP contribution in [0.1, 0.15) is 11.1 Å². The molecule has 0 aliphatic heterocycles. The van der Waals surface area contributed by atoms with E-state index in [1.54, 1.807) is 32.2 Å². The van der Waals surface area contributed by atoms with Crippen LogP contribution in [0.2, 0.25) is 0 Å². The molecule has 0 spiro atoms. The molecule has 0 saturated carbocycles. The first-order chi connectivity index (χ1) is 10.9. The molecule has 6 heteroatoms. The molecule has 0 saturated heterocycles. The van der Waals surface area contributed by atoms with Gasteiger partial charge in [0.05, 0.1) is 12.0 Å². The molecule has 0 amide bonds. The Labute approximate surface area is 137 Å². The van der Waals surface area contributed by atoms with Crippen LogP contribution in [-0.4, -0.2) is 28.7 Å². The summed E-state index contributed by atoms with van der Waals surface area (Å²) in [6.45, 7) is 4.14. The summed E-state index contributed by atoms with van der Waals surface area (Å²) in [4.78, 5) is 0.245. The number of para-hydroxylation sites is 1. The minimum Gasteiger partial charge on any atom is -0.497 e. The normalized spacial score (nSPS) is 11.3. The molecule has 124 valence electrons. The Morgan fingerprint density at radius 1 is 1.04 bits per heavy atom. The molecule has 23 heavy (non-hydrogen) atoms. The van der Waals surface area contributed by atoms with E-state index in [1.807, 2.05) is 31.2 Å². The molecule has 1 N–H and O–H groups in total. The fourth-order valence-electron chi connectivity index (χ4n) is 2.18. The predicted octanol–water partition coefficient (Wildman–Crippen LogP) is 2.67. The standard InChI is InChI=1S/C17H21NO4S/c1-13-6-4-5-7-16(13)22-11-10-18-23(19,20)17-9-8-15(21-3)12-14(17)2/h4-9,12,18H,10-11H2,1-3H3. The van der Waals surface area contributed by atoms with Crippen molar-refractivity contribution in [1.82, 2.24) is 4.72 Å². The third-order valence-corrected chi connectivity index (χ3v) is 5.04. The van der Waals surface area contributed by atoms with Gasteiger partial charge in [0.2, 0.25) is 10.0 Å². The summed E-state index contributed by atoms with van der Waals surface area (Å²) in [6, 6.07) is 12.5. The van der Waals surface area contributed by atoms with Crippen LogP contribution in [0.25, 0.3) is 0 Å². The molecule has 0 aromatic heterocycles. The zero-order valence-corrected chi connectivity index (χ0v) is 14.3. The highest BCUT2D eigenvalue weighted by Gasteiger charge is 2.16. The Kier molecular flexibility index (Phi) is 5.63. The van der Waals surface area contributed by atoms with Crippen LogP contribution in [-0.2, 0) is 10.0 Å². The van der Waals surface area contributed by atoms with Crippen LogP contribution >= 0.6 is 0 Å². The third-order valence-electron chi connectivity index (χ3n) is 3.42. The fraction of sp³-hybridized carbons (Fsp3) is 0.294. The Bertz CT molecular complexity index is 772. The molecule has 2 aromatic carbocycles. The molecule has 2 aromatic rings. The molecule has 0 aliphatic carbocycles. The predicted molar refractivity (Wildman–Crippen MR) is 89.6 cm³/mol. The summed E-state index contributed by atoms with van der Waals surface area (Å²) in [7, 11) is -2.02. The summed E-state index contributed by atoms with van der Waals surface area (Å²) >= 11 is 0. The van der Waals surface area contributed by atoms with Crippen molar-refractivity contribution in [3.8, 4) is 11.5 Å². The molecule has 0 unspecified atom stereocenters. The number of aryl methyl sites for hydroxylation is 2. The molecule has 5 nitrogen and oxygen atoms in total. The zero-order chi connectivity index (χ0) is 16.9. The Hall–Kier alpha value is -2.05. The fourth-order valence-corrected chi connectivity index (χ4v) is 3.42. The summed E-state index contributed by atoms with van der Waals surface area (Å²) in [5, 5.41) is 0. The number of methoxy groups -OCH3 is 1. The first kappa shape index (κ1) is 17.3. The second kappa shape index (κ2) is 7.48. The average Bonchev–Trinajstić information content (AvgIpc) is 2.52. The maximum atomic E-state index is 12.3. The van der Waals surface area contributed by atoms with Gasteiger partial charge in [-0.2, -0.15) is 0 Å². The van der Waals surface area contributed by atoms with E-state index in [9.17, 15) is 8.42 Å². The quantitative estimate of drug-likeness (QED) is 0.790. The molecule has 0 radical (unpaired) electrons. The molecule has 0 aliphatic rings. The van der Waals surface area contributed by atoms with Gasteiger partial charge in [-0.15, -0.1) is 0 Å². The SMILES string of the molecule is COc1ccc(S(=O)(=O)NCCOc2ccccc2C)c(C)c1. The lowest BCUT2D eigenvalue weighted by molar-refractivity contribution is 0.320. The second-order valence-electron chi connectivity index (χ2n) is 5.14.